The molecule has 1 aliphatic carbocycles. The Morgan fingerprint density at radius 1 is 1.12 bits per heavy atom. The average molecular weight is 410 g/mol. The van der Waals surface area contributed by atoms with Crippen LogP contribution >= 0.6 is 15.9 Å². The van der Waals surface area contributed by atoms with E-state index in [1.54, 1.807) is 0 Å². The SMILES string of the molecule is Cc1cc(C)c(OCC(=O)Nc2ccc3c4c(cccc24)CC3)c(Br)c1. The third kappa shape index (κ3) is 3.10. The number of nitrogens with one attached hydrogen (secondary N) is 1. The number of hydrogen-bond acceptors (Lipinski definition) is 2. The Balaban J connectivity index is 1.52. The number of ether oxygens (including phenoxy) is 1. The first-order valence-corrected chi connectivity index (χ1v) is 9.55. The molecule has 1 amide bonds. The van der Waals surface area contributed by atoms with E-state index in [1.165, 1.54) is 16.5 Å². The van der Waals surface area contributed by atoms with Gasteiger partial charge in [0.2, 0.25) is 0 Å². The van der Waals surface area contributed by atoms with Gasteiger partial charge < -0.3 is 10.1 Å². The molecular weight excluding hydrogens is 390 g/mol. The van der Waals surface area contributed by atoms with Crippen molar-refractivity contribution in [3.8, 4) is 5.75 Å². The van der Waals surface area contributed by atoms with Gasteiger partial charge in [-0.1, -0.05) is 30.3 Å². The second-order valence-electron chi connectivity index (χ2n) is 6.84. The summed E-state index contributed by atoms with van der Waals surface area (Å²) in [7, 11) is 0. The highest BCUT2D eigenvalue weighted by atomic mass is 79.9. The van der Waals surface area contributed by atoms with Crippen molar-refractivity contribution in [2.45, 2.75) is 26.7 Å². The van der Waals surface area contributed by atoms with E-state index < -0.39 is 0 Å². The van der Waals surface area contributed by atoms with Crippen molar-refractivity contribution in [3.63, 3.8) is 0 Å². The van der Waals surface area contributed by atoms with Crippen molar-refractivity contribution in [3.05, 3.63) is 69.2 Å². The monoisotopic (exact) mass is 409 g/mol. The van der Waals surface area contributed by atoms with E-state index >= 15 is 0 Å². The summed E-state index contributed by atoms with van der Waals surface area (Å²) in [5.41, 5.74) is 5.74. The standard InChI is InChI=1S/C22H20BrNO2/c1-13-10-14(2)22(18(23)11-13)26-12-20(25)24-19-9-8-16-7-6-15-4-3-5-17(19)21(15)16/h3-5,8-11H,6-7,12H2,1-2H3,(H,24,25). The summed E-state index contributed by atoms with van der Waals surface area (Å²) in [4.78, 5) is 12.5. The van der Waals surface area contributed by atoms with Crippen molar-refractivity contribution >= 4 is 38.3 Å². The van der Waals surface area contributed by atoms with E-state index in [0.717, 1.165) is 39.5 Å². The summed E-state index contributed by atoms with van der Waals surface area (Å²) in [6, 6.07) is 14.5. The Labute approximate surface area is 161 Å². The quantitative estimate of drug-likeness (QED) is 0.631. The molecule has 0 saturated heterocycles. The molecule has 4 rings (SSSR count). The van der Waals surface area contributed by atoms with Gasteiger partial charge in [0.25, 0.3) is 5.91 Å². The lowest BCUT2D eigenvalue weighted by Crippen LogP contribution is -2.20. The first-order chi connectivity index (χ1) is 12.5. The molecule has 0 bridgehead atoms. The van der Waals surface area contributed by atoms with Crippen LogP contribution in [0.1, 0.15) is 22.3 Å². The number of aryl methyl sites for hydroxylation is 4. The molecule has 0 spiro atoms. The number of carbonyl (C=O) groups is 1. The molecule has 4 heteroatoms. The summed E-state index contributed by atoms with van der Waals surface area (Å²) in [6.07, 6.45) is 2.15. The molecular formula is C22H20BrNO2. The van der Waals surface area contributed by atoms with Crippen LogP contribution in [0.3, 0.4) is 0 Å². The van der Waals surface area contributed by atoms with Crippen LogP contribution < -0.4 is 10.1 Å². The van der Waals surface area contributed by atoms with Gasteiger partial charge in [0, 0.05) is 11.1 Å². The predicted molar refractivity (Wildman–Crippen MR) is 109 cm³/mol. The minimum Gasteiger partial charge on any atom is -0.482 e. The zero-order valence-corrected chi connectivity index (χ0v) is 16.4. The van der Waals surface area contributed by atoms with Crippen molar-refractivity contribution < 1.29 is 9.53 Å². The van der Waals surface area contributed by atoms with Crippen LogP contribution in [0.15, 0.2) is 46.9 Å². The minimum atomic E-state index is -0.157. The van der Waals surface area contributed by atoms with Gasteiger partial charge in [0.15, 0.2) is 6.61 Å². The Morgan fingerprint density at radius 2 is 1.88 bits per heavy atom. The van der Waals surface area contributed by atoms with Crippen LogP contribution in [-0.4, -0.2) is 12.5 Å². The largest absolute Gasteiger partial charge is 0.482 e. The number of halogens is 1. The van der Waals surface area contributed by atoms with Crippen LogP contribution in [-0.2, 0) is 17.6 Å². The lowest BCUT2D eigenvalue weighted by atomic mass is 10.0. The highest BCUT2D eigenvalue weighted by Crippen LogP contribution is 2.35. The Morgan fingerprint density at radius 3 is 2.65 bits per heavy atom. The number of anilines is 1. The summed E-state index contributed by atoms with van der Waals surface area (Å²) >= 11 is 3.51. The highest BCUT2D eigenvalue weighted by molar-refractivity contribution is 9.10. The van der Waals surface area contributed by atoms with Crippen LogP contribution in [0.25, 0.3) is 10.8 Å². The maximum atomic E-state index is 12.5. The topological polar surface area (TPSA) is 38.3 Å². The minimum absolute atomic E-state index is 0.0224. The molecule has 3 aromatic rings. The van der Waals surface area contributed by atoms with E-state index in [-0.39, 0.29) is 12.5 Å². The average Bonchev–Trinajstić information content (AvgIpc) is 3.01. The molecule has 1 N–H and O–H groups in total. The summed E-state index contributed by atoms with van der Waals surface area (Å²) in [6.45, 7) is 3.99. The molecule has 0 unspecified atom stereocenters. The summed E-state index contributed by atoms with van der Waals surface area (Å²) < 4.78 is 6.64. The van der Waals surface area contributed by atoms with Crippen molar-refractivity contribution in [2.75, 3.05) is 11.9 Å². The maximum absolute atomic E-state index is 12.5. The van der Waals surface area contributed by atoms with Crippen LogP contribution in [0.2, 0.25) is 0 Å². The molecule has 0 atom stereocenters. The van der Waals surface area contributed by atoms with Gasteiger partial charge in [-0.2, -0.15) is 0 Å². The fourth-order valence-electron chi connectivity index (χ4n) is 3.77. The lowest BCUT2D eigenvalue weighted by molar-refractivity contribution is -0.118. The second-order valence-corrected chi connectivity index (χ2v) is 7.70. The third-order valence-corrected chi connectivity index (χ3v) is 5.46. The number of hydrogen-bond donors (Lipinski definition) is 1. The molecule has 0 heterocycles. The fraction of sp³-hybridized carbons (Fsp3) is 0.227. The normalized spacial score (nSPS) is 12.4. The van der Waals surface area contributed by atoms with E-state index in [2.05, 4.69) is 45.5 Å². The molecule has 132 valence electrons. The number of benzene rings is 3. The molecule has 0 fully saturated rings. The molecule has 0 aliphatic heterocycles. The number of rotatable bonds is 4. The fourth-order valence-corrected chi connectivity index (χ4v) is 4.55. The van der Waals surface area contributed by atoms with Gasteiger partial charge in [-0.05, 0) is 82.4 Å². The van der Waals surface area contributed by atoms with Crippen molar-refractivity contribution in [1.82, 2.24) is 0 Å². The molecule has 0 aromatic heterocycles. The van der Waals surface area contributed by atoms with Gasteiger partial charge in [0.05, 0.1) is 4.47 Å². The summed E-state index contributed by atoms with van der Waals surface area (Å²) in [5.74, 6) is 0.557. The molecule has 0 saturated carbocycles. The molecule has 0 radical (unpaired) electrons. The molecule has 3 nitrogen and oxygen atoms in total. The molecule has 26 heavy (non-hydrogen) atoms. The smallest absolute Gasteiger partial charge is 0.262 e. The van der Waals surface area contributed by atoms with Gasteiger partial charge in [-0.15, -0.1) is 0 Å². The maximum Gasteiger partial charge on any atom is 0.262 e. The Kier molecular flexibility index (Phi) is 4.45. The third-order valence-electron chi connectivity index (χ3n) is 4.87. The summed E-state index contributed by atoms with van der Waals surface area (Å²) in [5, 5.41) is 5.41. The lowest BCUT2D eigenvalue weighted by Gasteiger charge is -2.13. The van der Waals surface area contributed by atoms with E-state index in [4.69, 9.17) is 4.74 Å². The van der Waals surface area contributed by atoms with Crippen molar-refractivity contribution in [2.24, 2.45) is 0 Å². The van der Waals surface area contributed by atoms with Gasteiger partial charge in [-0.25, -0.2) is 0 Å². The predicted octanol–water partition coefficient (Wildman–Crippen LogP) is 5.34. The van der Waals surface area contributed by atoms with Gasteiger partial charge in [0.1, 0.15) is 5.75 Å². The van der Waals surface area contributed by atoms with Crippen LogP contribution in [0.4, 0.5) is 5.69 Å². The number of amides is 1. The Bertz CT molecular complexity index is 993. The van der Waals surface area contributed by atoms with Crippen LogP contribution in [0.5, 0.6) is 5.75 Å². The molecule has 1 aliphatic rings. The first-order valence-electron chi connectivity index (χ1n) is 8.76. The number of carbonyl (C=O) groups excluding carboxylic acids is 1. The Hall–Kier alpha value is -2.33. The van der Waals surface area contributed by atoms with E-state index in [9.17, 15) is 4.79 Å². The molecule has 3 aromatic carbocycles. The second kappa shape index (κ2) is 6.76. The highest BCUT2D eigenvalue weighted by Gasteiger charge is 2.17. The van der Waals surface area contributed by atoms with Crippen LogP contribution in [0, 0.1) is 13.8 Å². The van der Waals surface area contributed by atoms with Crippen molar-refractivity contribution in [1.29, 1.82) is 0 Å². The first kappa shape index (κ1) is 17.1. The van der Waals surface area contributed by atoms with Gasteiger partial charge in [-0.3, -0.25) is 4.79 Å². The zero-order valence-electron chi connectivity index (χ0n) is 14.9. The zero-order chi connectivity index (χ0) is 18.3. The van der Waals surface area contributed by atoms with Gasteiger partial charge >= 0.3 is 0 Å². The van der Waals surface area contributed by atoms with E-state index in [0.29, 0.717) is 5.75 Å². The van der Waals surface area contributed by atoms with E-state index in [1.807, 2.05) is 32.0 Å².